The molecule has 0 saturated heterocycles. The fourth-order valence-corrected chi connectivity index (χ4v) is 3.26. The first kappa shape index (κ1) is 21.6. The predicted octanol–water partition coefficient (Wildman–Crippen LogP) is 2.18. The molecule has 0 aromatic carbocycles. The number of carbonyl (C=O) groups excluding carboxylic acids is 1. The fraction of sp³-hybridized carbons (Fsp3) is 0.714. The summed E-state index contributed by atoms with van der Waals surface area (Å²) in [6.07, 6.45) is 3.15. The summed E-state index contributed by atoms with van der Waals surface area (Å²) in [6.45, 7) is 7.17. The van der Waals surface area contributed by atoms with Crippen molar-refractivity contribution in [2.75, 3.05) is 13.2 Å². The summed E-state index contributed by atoms with van der Waals surface area (Å²) >= 11 is 1.59. The molecule has 128 valence electrons. The number of thiazole rings is 1. The molecule has 1 aliphatic carbocycles. The predicted molar refractivity (Wildman–Crippen MR) is 94.1 cm³/mol. The van der Waals surface area contributed by atoms with Gasteiger partial charge in [-0.05, 0) is 6.92 Å². The number of carbonyl (C=O) groups is 1. The van der Waals surface area contributed by atoms with E-state index >= 15 is 0 Å². The molecule has 3 N–H and O–H groups in total. The van der Waals surface area contributed by atoms with E-state index < -0.39 is 5.54 Å². The molecule has 1 aromatic rings. The summed E-state index contributed by atoms with van der Waals surface area (Å²) in [6, 6.07) is 0. The van der Waals surface area contributed by atoms with Gasteiger partial charge in [0.2, 0.25) is 5.91 Å². The number of rotatable bonds is 6. The number of nitrogens with two attached hydrogens (primary N) is 1. The normalized spacial score (nSPS) is 25.4. The minimum atomic E-state index is -0.838. The Morgan fingerprint density at radius 1 is 1.55 bits per heavy atom. The Bertz CT molecular complexity index is 471. The van der Waals surface area contributed by atoms with Crippen molar-refractivity contribution in [2.45, 2.75) is 45.3 Å². The zero-order valence-electron chi connectivity index (χ0n) is 13.1. The van der Waals surface area contributed by atoms with E-state index in [0.717, 1.165) is 11.4 Å². The Labute approximate surface area is 148 Å². The van der Waals surface area contributed by atoms with Gasteiger partial charge in [0.1, 0.15) is 5.54 Å². The average molecular weight is 370 g/mol. The van der Waals surface area contributed by atoms with E-state index in [9.17, 15) is 4.79 Å². The minimum Gasteiger partial charge on any atom is -0.378 e. The van der Waals surface area contributed by atoms with Crippen molar-refractivity contribution >= 4 is 42.1 Å². The standard InChI is InChI=1S/C14H23N3O2S.2ClH/c1-4-19-10-9-14(15,13(10,2)3)12(18)17-6-5-11-16-7-8-20-11;;/h7-8,10H,4-6,9,15H2,1-3H3,(H,17,18);2*1H. The van der Waals surface area contributed by atoms with Crippen LogP contribution in [0.1, 0.15) is 32.2 Å². The maximum atomic E-state index is 12.3. The second-order valence-electron chi connectivity index (χ2n) is 5.77. The summed E-state index contributed by atoms with van der Waals surface area (Å²) in [4.78, 5) is 16.5. The van der Waals surface area contributed by atoms with Gasteiger partial charge in [-0.15, -0.1) is 36.2 Å². The molecule has 0 spiro atoms. The van der Waals surface area contributed by atoms with Crippen LogP contribution in [0.15, 0.2) is 11.6 Å². The SMILES string of the molecule is CCOC1CC(N)(C(=O)NCCc2nccs2)C1(C)C.Cl.Cl. The Kier molecular flexibility index (Phi) is 8.30. The summed E-state index contributed by atoms with van der Waals surface area (Å²) in [5.41, 5.74) is 5.12. The molecule has 1 aromatic heterocycles. The number of halogens is 2. The number of nitrogens with one attached hydrogen (secondary N) is 1. The van der Waals surface area contributed by atoms with E-state index in [1.54, 1.807) is 17.5 Å². The summed E-state index contributed by atoms with van der Waals surface area (Å²) < 4.78 is 5.63. The van der Waals surface area contributed by atoms with Crippen LogP contribution in [0.2, 0.25) is 0 Å². The zero-order valence-corrected chi connectivity index (χ0v) is 15.6. The van der Waals surface area contributed by atoms with Gasteiger partial charge in [-0.25, -0.2) is 4.98 Å². The van der Waals surface area contributed by atoms with Crippen molar-refractivity contribution in [2.24, 2.45) is 11.1 Å². The molecule has 2 unspecified atom stereocenters. The van der Waals surface area contributed by atoms with E-state index in [0.29, 0.717) is 19.6 Å². The first-order chi connectivity index (χ1) is 9.41. The van der Waals surface area contributed by atoms with Crippen LogP contribution in [-0.4, -0.2) is 35.7 Å². The van der Waals surface area contributed by atoms with Crippen LogP contribution in [-0.2, 0) is 16.0 Å². The lowest BCUT2D eigenvalue weighted by atomic mass is 9.54. The monoisotopic (exact) mass is 369 g/mol. The molecular weight excluding hydrogens is 345 g/mol. The summed E-state index contributed by atoms with van der Waals surface area (Å²) in [5, 5.41) is 5.89. The van der Waals surface area contributed by atoms with Crippen molar-refractivity contribution in [1.29, 1.82) is 0 Å². The smallest absolute Gasteiger partial charge is 0.240 e. The number of nitrogens with zero attached hydrogens (tertiary/aromatic N) is 1. The summed E-state index contributed by atoms with van der Waals surface area (Å²) in [5.74, 6) is -0.0880. The van der Waals surface area contributed by atoms with Crippen molar-refractivity contribution in [1.82, 2.24) is 10.3 Å². The van der Waals surface area contributed by atoms with E-state index in [4.69, 9.17) is 10.5 Å². The lowest BCUT2D eigenvalue weighted by Gasteiger charge is -2.57. The van der Waals surface area contributed by atoms with Gasteiger partial charge in [0, 0.05) is 43.0 Å². The molecule has 22 heavy (non-hydrogen) atoms. The van der Waals surface area contributed by atoms with Crippen LogP contribution in [0.3, 0.4) is 0 Å². The van der Waals surface area contributed by atoms with Gasteiger partial charge in [0.25, 0.3) is 0 Å². The summed E-state index contributed by atoms with van der Waals surface area (Å²) in [7, 11) is 0. The third-order valence-electron chi connectivity index (χ3n) is 4.34. The van der Waals surface area contributed by atoms with E-state index in [1.165, 1.54) is 0 Å². The van der Waals surface area contributed by atoms with Crippen molar-refractivity contribution in [3.05, 3.63) is 16.6 Å². The Balaban J connectivity index is 0.00000220. The van der Waals surface area contributed by atoms with E-state index in [-0.39, 0.29) is 42.2 Å². The van der Waals surface area contributed by atoms with Crippen LogP contribution in [0.25, 0.3) is 0 Å². The number of amides is 1. The molecule has 2 rings (SSSR count). The molecular formula is C14H25Cl2N3O2S. The Hall–Kier alpha value is -0.400. The molecule has 1 heterocycles. The van der Waals surface area contributed by atoms with Gasteiger partial charge in [-0.1, -0.05) is 13.8 Å². The first-order valence-electron chi connectivity index (χ1n) is 6.99. The van der Waals surface area contributed by atoms with Gasteiger partial charge in [-0.3, -0.25) is 4.79 Å². The van der Waals surface area contributed by atoms with Crippen LogP contribution < -0.4 is 11.1 Å². The average Bonchev–Trinajstić information content (AvgIpc) is 2.91. The van der Waals surface area contributed by atoms with Gasteiger partial charge in [-0.2, -0.15) is 0 Å². The molecule has 0 aliphatic heterocycles. The molecule has 5 nitrogen and oxygen atoms in total. The zero-order chi connectivity index (χ0) is 14.8. The van der Waals surface area contributed by atoms with Crippen LogP contribution in [0.5, 0.6) is 0 Å². The largest absolute Gasteiger partial charge is 0.378 e. The molecule has 8 heteroatoms. The van der Waals surface area contributed by atoms with E-state index in [1.807, 2.05) is 26.2 Å². The van der Waals surface area contributed by atoms with Crippen molar-refractivity contribution in [3.63, 3.8) is 0 Å². The van der Waals surface area contributed by atoms with Crippen LogP contribution in [0.4, 0.5) is 0 Å². The highest BCUT2D eigenvalue weighted by molar-refractivity contribution is 7.09. The topological polar surface area (TPSA) is 77.2 Å². The van der Waals surface area contributed by atoms with Crippen LogP contribution >= 0.6 is 36.2 Å². The number of aromatic nitrogens is 1. The van der Waals surface area contributed by atoms with Gasteiger partial charge in [0.05, 0.1) is 11.1 Å². The third kappa shape index (κ3) is 3.92. The first-order valence-corrected chi connectivity index (χ1v) is 7.87. The molecule has 1 aliphatic rings. The van der Waals surface area contributed by atoms with Crippen LogP contribution in [0, 0.1) is 5.41 Å². The second kappa shape index (κ2) is 8.45. The molecule has 1 amide bonds. The van der Waals surface area contributed by atoms with Crippen molar-refractivity contribution in [3.8, 4) is 0 Å². The Morgan fingerprint density at radius 2 is 2.23 bits per heavy atom. The molecule has 2 atom stereocenters. The van der Waals surface area contributed by atoms with E-state index in [2.05, 4.69) is 10.3 Å². The maximum absolute atomic E-state index is 12.3. The molecule has 0 bridgehead atoms. The van der Waals surface area contributed by atoms with Gasteiger partial charge >= 0.3 is 0 Å². The highest BCUT2D eigenvalue weighted by atomic mass is 35.5. The highest BCUT2D eigenvalue weighted by Crippen LogP contribution is 2.49. The minimum absolute atomic E-state index is 0. The number of ether oxygens (including phenoxy) is 1. The van der Waals surface area contributed by atoms with Gasteiger partial charge in [0.15, 0.2) is 0 Å². The second-order valence-corrected chi connectivity index (χ2v) is 6.75. The molecule has 1 fully saturated rings. The fourth-order valence-electron chi connectivity index (χ4n) is 2.64. The van der Waals surface area contributed by atoms with Gasteiger partial charge < -0.3 is 15.8 Å². The molecule has 0 radical (unpaired) electrons. The quantitative estimate of drug-likeness (QED) is 0.805. The highest BCUT2D eigenvalue weighted by Gasteiger charge is 2.62. The Morgan fingerprint density at radius 3 is 2.73 bits per heavy atom. The van der Waals surface area contributed by atoms with Crippen molar-refractivity contribution < 1.29 is 9.53 Å². The molecule has 1 saturated carbocycles. The third-order valence-corrected chi connectivity index (χ3v) is 5.18. The number of hydrogen-bond acceptors (Lipinski definition) is 5. The lowest BCUT2D eigenvalue weighted by Crippen LogP contribution is -2.75. The lowest BCUT2D eigenvalue weighted by molar-refractivity contribution is -0.170. The maximum Gasteiger partial charge on any atom is 0.240 e. The number of hydrogen-bond donors (Lipinski definition) is 2.